The van der Waals surface area contributed by atoms with Gasteiger partial charge in [-0.15, -0.1) is 0 Å². The third-order valence-electron chi connectivity index (χ3n) is 5.60. The molecule has 1 aliphatic heterocycles. The van der Waals surface area contributed by atoms with Crippen LogP contribution in [0, 0.1) is 18.8 Å². The van der Waals surface area contributed by atoms with E-state index in [2.05, 4.69) is 0 Å². The lowest BCUT2D eigenvalue weighted by Gasteiger charge is -2.24. The summed E-state index contributed by atoms with van der Waals surface area (Å²) in [6.45, 7) is 2.98. The van der Waals surface area contributed by atoms with Gasteiger partial charge in [0.1, 0.15) is 0 Å². The zero-order valence-electron chi connectivity index (χ0n) is 16.1. The molecule has 1 heterocycles. The Bertz CT molecular complexity index is 679. The van der Waals surface area contributed by atoms with Crippen LogP contribution in [0.25, 0.3) is 0 Å². The molecule has 1 aliphatic carbocycles. The highest BCUT2D eigenvalue weighted by Crippen LogP contribution is 2.38. The lowest BCUT2D eigenvalue weighted by Crippen LogP contribution is -2.40. The van der Waals surface area contributed by atoms with Gasteiger partial charge in [-0.25, -0.2) is 0 Å². The Morgan fingerprint density at radius 2 is 1.58 bits per heavy atom. The zero-order chi connectivity index (χ0) is 18.8. The molecular formula is C20H28N2O4. The van der Waals surface area contributed by atoms with Crippen LogP contribution in [0.3, 0.4) is 0 Å². The van der Waals surface area contributed by atoms with E-state index in [1.807, 2.05) is 31.0 Å². The Morgan fingerprint density at radius 3 is 2.12 bits per heavy atom. The number of nitrogens with zero attached hydrogens (tertiary/aromatic N) is 2. The minimum Gasteiger partial charge on any atom is -0.493 e. The summed E-state index contributed by atoms with van der Waals surface area (Å²) in [6.07, 6.45) is 3.80. The summed E-state index contributed by atoms with van der Waals surface area (Å²) in [5.41, 5.74) is 2.17. The number of benzene rings is 1. The van der Waals surface area contributed by atoms with Gasteiger partial charge < -0.3 is 9.47 Å². The summed E-state index contributed by atoms with van der Waals surface area (Å²) in [5, 5.41) is 0. The SMILES string of the molecule is COc1cc(C)c(CN(C)CN2C(=O)[C@H]3CCCC[C@@H]3C2=O)cc1OC. The van der Waals surface area contributed by atoms with E-state index in [0.29, 0.717) is 24.7 Å². The van der Waals surface area contributed by atoms with Crippen LogP contribution in [-0.2, 0) is 16.1 Å². The average Bonchev–Trinajstić information content (AvgIpc) is 2.88. The van der Waals surface area contributed by atoms with Crippen LogP contribution in [0.15, 0.2) is 12.1 Å². The highest BCUT2D eigenvalue weighted by atomic mass is 16.5. The third-order valence-corrected chi connectivity index (χ3v) is 5.60. The number of carbonyl (C=O) groups is 2. The minimum absolute atomic E-state index is 0.00980. The largest absolute Gasteiger partial charge is 0.493 e. The highest BCUT2D eigenvalue weighted by molar-refractivity contribution is 6.05. The van der Waals surface area contributed by atoms with Crippen molar-refractivity contribution in [2.24, 2.45) is 11.8 Å². The molecule has 0 aromatic heterocycles. The first-order valence-corrected chi connectivity index (χ1v) is 9.21. The molecule has 2 atom stereocenters. The number of carbonyl (C=O) groups excluding carboxylic acids is 2. The van der Waals surface area contributed by atoms with Crippen LogP contribution >= 0.6 is 0 Å². The number of fused-ring (bicyclic) bond motifs is 1. The molecule has 1 saturated heterocycles. The fourth-order valence-corrected chi connectivity index (χ4v) is 4.15. The molecular weight excluding hydrogens is 332 g/mol. The second-order valence-electron chi connectivity index (χ2n) is 7.39. The van der Waals surface area contributed by atoms with E-state index < -0.39 is 0 Å². The van der Waals surface area contributed by atoms with E-state index in [1.54, 1.807) is 14.2 Å². The van der Waals surface area contributed by atoms with Crippen LogP contribution < -0.4 is 9.47 Å². The van der Waals surface area contributed by atoms with E-state index >= 15 is 0 Å². The molecule has 3 rings (SSSR count). The normalized spacial score (nSPS) is 22.7. The molecule has 0 spiro atoms. The molecule has 2 fully saturated rings. The molecule has 26 heavy (non-hydrogen) atoms. The molecule has 0 unspecified atom stereocenters. The molecule has 2 amide bonds. The number of amides is 2. The van der Waals surface area contributed by atoms with Gasteiger partial charge in [-0.3, -0.25) is 19.4 Å². The number of ether oxygens (including phenoxy) is 2. The molecule has 1 aromatic rings. The van der Waals surface area contributed by atoms with Crippen molar-refractivity contribution in [3.8, 4) is 11.5 Å². The van der Waals surface area contributed by atoms with E-state index in [-0.39, 0.29) is 23.7 Å². The number of likely N-dealkylation sites (tertiary alicyclic amines) is 1. The van der Waals surface area contributed by atoms with Crippen molar-refractivity contribution in [3.05, 3.63) is 23.3 Å². The van der Waals surface area contributed by atoms with Crippen LogP contribution in [-0.4, -0.2) is 49.6 Å². The van der Waals surface area contributed by atoms with Gasteiger partial charge in [0, 0.05) is 6.54 Å². The molecule has 6 heteroatoms. The van der Waals surface area contributed by atoms with Gasteiger partial charge >= 0.3 is 0 Å². The molecule has 1 saturated carbocycles. The van der Waals surface area contributed by atoms with Gasteiger partial charge in [-0.05, 0) is 50.1 Å². The molecule has 2 aliphatic rings. The first kappa shape index (κ1) is 18.7. The number of hydrogen-bond acceptors (Lipinski definition) is 5. The van der Waals surface area contributed by atoms with Crippen molar-refractivity contribution in [2.75, 3.05) is 27.9 Å². The number of rotatable bonds is 6. The van der Waals surface area contributed by atoms with Crippen molar-refractivity contribution in [3.63, 3.8) is 0 Å². The average molecular weight is 360 g/mol. The fraction of sp³-hybridized carbons (Fsp3) is 0.600. The van der Waals surface area contributed by atoms with Gasteiger partial charge in [0.05, 0.1) is 32.7 Å². The van der Waals surface area contributed by atoms with Crippen LogP contribution in [0.5, 0.6) is 11.5 Å². The number of hydrogen-bond donors (Lipinski definition) is 0. The second-order valence-corrected chi connectivity index (χ2v) is 7.39. The Morgan fingerprint density at radius 1 is 1.04 bits per heavy atom. The number of aryl methyl sites for hydroxylation is 1. The standard InChI is InChI=1S/C20H28N2O4/c1-13-9-17(25-3)18(26-4)10-14(13)11-21(2)12-22-19(23)15-7-5-6-8-16(15)20(22)24/h9-10,15-16H,5-8,11-12H2,1-4H3/t15-,16-/m0/s1. The topological polar surface area (TPSA) is 59.1 Å². The molecule has 0 N–H and O–H groups in total. The Kier molecular flexibility index (Phi) is 5.51. The van der Waals surface area contributed by atoms with E-state index in [1.165, 1.54) is 4.90 Å². The van der Waals surface area contributed by atoms with Gasteiger partial charge in [-0.1, -0.05) is 12.8 Å². The van der Waals surface area contributed by atoms with Crippen molar-refractivity contribution in [2.45, 2.75) is 39.2 Å². The molecule has 6 nitrogen and oxygen atoms in total. The predicted molar refractivity (Wildman–Crippen MR) is 97.9 cm³/mol. The zero-order valence-corrected chi connectivity index (χ0v) is 16.1. The summed E-state index contributed by atoms with van der Waals surface area (Å²) in [4.78, 5) is 28.7. The summed E-state index contributed by atoms with van der Waals surface area (Å²) in [7, 11) is 5.16. The minimum atomic E-state index is -0.0903. The second kappa shape index (κ2) is 7.66. The fourth-order valence-electron chi connectivity index (χ4n) is 4.15. The summed E-state index contributed by atoms with van der Waals surface area (Å²) < 4.78 is 10.7. The maximum absolute atomic E-state index is 12.6. The Balaban J connectivity index is 1.70. The van der Waals surface area contributed by atoms with E-state index in [0.717, 1.165) is 36.8 Å². The maximum atomic E-state index is 12.6. The van der Waals surface area contributed by atoms with Gasteiger partial charge in [0.2, 0.25) is 11.8 Å². The smallest absolute Gasteiger partial charge is 0.234 e. The monoisotopic (exact) mass is 360 g/mol. The van der Waals surface area contributed by atoms with E-state index in [9.17, 15) is 9.59 Å². The Labute approximate surface area is 155 Å². The third kappa shape index (κ3) is 3.43. The quantitative estimate of drug-likeness (QED) is 0.730. The molecule has 142 valence electrons. The van der Waals surface area contributed by atoms with Crippen molar-refractivity contribution < 1.29 is 19.1 Å². The van der Waals surface area contributed by atoms with Gasteiger partial charge in [0.25, 0.3) is 0 Å². The number of imide groups is 1. The highest BCUT2D eigenvalue weighted by Gasteiger charge is 2.48. The maximum Gasteiger partial charge on any atom is 0.234 e. The predicted octanol–water partition coefficient (Wildman–Crippen LogP) is 2.58. The number of methoxy groups -OCH3 is 2. The van der Waals surface area contributed by atoms with Crippen LogP contribution in [0.4, 0.5) is 0 Å². The molecule has 0 bridgehead atoms. The first-order valence-electron chi connectivity index (χ1n) is 9.21. The Hall–Kier alpha value is -2.08. The van der Waals surface area contributed by atoms with Crippen molar-refractivity contribution >= 4 is 11.8 Å². The molecule has 0 radical (unpaired) electrons. The lowest BCUT2D eigenvalue weighted by atomic mass is 9.81. The molecule has 1 aromatic carbocycles. The summed E-state index contributed by atoms with van der Waals surface area (Å²) >= 11 is 0. The lowest BCUT2D eigenvalue weighted by molar-refractivity contribution is -0.142. The van der Waals surface area contributed by atoms with E-state index in [4.69, 9.17) is 9.47 Å². The van der Waals surface area contributed by atoms with Gasteiger partial charge in [0.15, 0.2) is 11.5 Å². The summed E-state index contributed by atoms with van der Waals surface area (Å²) in [5.74, 6) is 1.22. The van der Waals surface area contributed by atoms with Crippen LogP contribution in [0.1, 0.15) is 36.8 Å². The first-order chi connectivity index (χ1) is 12.5. The van der Waals surface area contributed by atoms with Crippen molar-refractivity contribution in [1.82, 2.24) is 9.80 Å². The van der Waals surface area contributed by atoms with Crippen molar-refractivity contribution in [1.29, 1.82) is 0 Å². The van der Waals surface area contributed by atoms with Crippen LogP contribution in [0.2, 0.25) is 0 Å². The van der Waals surface area contributed by atoms with Gasteiger partial charge in [-0.2, -0.15) is 0 Å². The summed E-state index contributed by atoms with van der Waals surface area (Å²) in [6, 6.07) is 3.90.